The Balaban J connectivity index is 1.16. The zero-order valence-electron chi connectivity index (χ0n) is 28.4. The van der Waals surface area contributed by atoms with Gasteiger partial charge in [-0.15, -0.1) is 0 Å². The maximum Gasteiger partial charge on any atom is 0.209 e. The molecule has 11 rings (SSSR count). The minimum atomic E-state index is -0.0834. The van der Waals surface area contributed by atoms with Gasteiger partial charge >= 0.3 is 0 Å². The van der Waals surface area contributed by atoms with Crippen molar-refractivity contribution in [3.05, 3.63) is 180 Å². The zero-order valence-corrected chi connectivity index (χ0v) is 28.4. The van der Waals surface area contributed by atoms with E-state index in [1.807, 2.05) is 0 Å². The summed E-state index contributed by atoms with van der Waals surface area (Å²) in [6, 6.07) is 55.2. The number of fused-ring (bicyclic) bond motifs is 10. The van der Waals surface area contributed by atoms with Crippen molar-refractivity contribution in [2.45, 2.75) is 25.3 Å². The van der Waals surface area contributed by atoms with E-state index in [1.165, 1.54) is 65.8 Å². The molecule has 0 amide bonds. The Kier molecular flexibility index (Phi) is 5.75. The monoisotopic (exact) mass is 654 g/mol. The van der Waals surface area contributed by atoms with E-state index in [0.29, 0.717) is 0 Å². The van der Waals surface area contributed by atoms with Crippen molar-refractivity contribution in [3.8, 4) is 16.8 Å². The average molecular weight is 655 g/mol. The highest BCUT2D eigenvalue weighted by Gasteiger charge is 2.36. The molecule has 1 N–H and O–H groups in total. The molecule has 1 atom stereocenters. The maximum atomic E-state index is 5.39. The zero-order chi connectivity index (χ0) is 33.8. The van der Waals surface area contributed by atoms with Crippen LogP contribution in [0.15, 0.2) is 163 Å². The lowest BCUT2D eigenvalue weighted by Gasteiger charge is -2.30. The Labute approximate surface area is 295 Å². The second-order valence-electron chi connectivity index (χ2n) is 14.5. The topological polar surface area (TPSA) is 34.2 Å². The van der Waals surface area contributed by atoms with Gasteiger partial charge in [0, 0.05) is 39.0 Å². The molecule has 1 unspecified atom stereocenters. The number of hydrogen-bond donors (Lipinski definition) is 1. The predicted molar refractivity (Wildman–Crippen MR) is 212 cm³/mol. The Hall–Kier alpha value is -6.39. The molecule has 4 heteroatoms. The summed E-state index contributed by atoms with van der Waals surface area (Å²) >= 11 is 0. The fourth-order valence-corrected chi connectivity index (χ4v) is 8.91. The summed E-state index contributed by atoms with van der Waals surface area (Å²) in [6.45, 7) is 4.70. The van der Waals surface area contributed by atoms with E-state index in [1.54, 1.807) is 0 Å². The van der Waals surface area contributed by atoms with Crippen molar-refractivity contribution in [2.75, 3.05) is 0 Å². The van der Waals surface area contributed by atoms with Gasteiger partial charge in [-0.25, -0.2) is 4.99 Å². The van der Waals surface area contributed by atoms with Gasteiger partial charge in [-0.2, -0.15) is 0 Å². The van der Waals surface area contributed by atoms with E-state index in [4.69, 9.17) is 4.99 Å². The molecule has 51 heavy (non-hydrogen) atoms. The lowest BCUT2D eigenvalue weighted by atomic mass is 9.81. The van der Waals surface area contributed by atoms with E-state index in [9.17, 15) is 0 Å². The van der Waals surface area contributed by atoms with Crippen LogP contribution in [0.5, 0.6) is 0 Å². The standard InChI is InChI=1S/C47H34N4/c1-47(2)38-18-10-8-16-34(38)35-22-20-32(27-39(35)47)44-36-17-9-11-19-40(36)48-46(49-44)51-41-23-21-29-24-25-50(33-14-4-3-5-15-33)45(29)43(41)37-26-30-12-6-7-13-31(30)28-42(37)51/h3-28,44H,1-2H3,(H,48,49). The Morgan fingerprint density at radius 1 is 0.608 bits per heavy atom. The van der Waals surface area contributed by atoms with E-state index in [2.05, 4.69) is 186 Å². The SMILES string of the molecule is CC1(C)c2ccccc2-c2ccc(C3NC(n4c5cc6ccccc6cc5c5c6c(ccc54)ccn6-c4ccccc4)=Nc4ccccc43)cc21. The van der Waals surface area contributed by atoms with E-state index in [0.717, 1.165) is 28.4 Å². The number of rotatable bonds is 2. The fourth-order valence-electron chi connectivity index (χ4n) is 8.91. The van der Waals surface area contributed by atoms with Gasteiger partial charge in [-0.1, -0.05) is 123 Å². The average Bonchev–Trinajstić information content (AvgIpc) is 3.82. The van der Waals surface area contributed by atoms with Crippen molar-refractivity contribution in [2.24, 2.45) is 4.99 Å². The molecule has 1 aliphatic carbocycles. The highest BCUT2D eigenvalue weighted by molar-refractivity contribution is 6.25. The summed E-state index contributed by atoms with van der Waals surface area (Å²) in [5, 5.41) is 10.1. The molecule has 0 bridgehead atoms. The summed E-state index contributed by atoms with van der Waals surface area (Å²) < 4.78 is 4.68. The third kappa shape index (κ3) is 3.99. The normalized spacial score (nSPS) is 15.9. The van der Waals surface area contributed by atoms with Crippen LogP contribution in [0, 0.1) is 0 Å². The number of aromatic nitrogens is 2. The van der Waals surface area contributed by atoms with Crippen molar-refractivity contribution < 1.29 is 0 Å². The molecule has 2 aliphatic rings. The largest absolute Gasteiger partial charge is 0.344 e. The van der Waals surface area contributed by atoms with Crippen LogP contribution < -0.4 is 5.32 Å². The summed E-state index contributed by atoms with van der Waals surface area (Å²) in [5.74, 6) is 0.828. The van der Waals surface area contributed by atoms with Gasteiger partial charge in [0.05, 0.1) is 28.3 Å². The molecule has 4 nitrogen and oxygen atoms in total. The van der Waals surface area contributed by atoms with Gasteiger partial charge in [-0.05, 0) is 81.1 Å². The second kappa shape index (κ2) is 10.3. The number of aliphatic imine (C=N–C) groups is 1. The van der Waals surface area contributed by atoms with E-state index < -0.39 is 0 Å². The third-order valence-corrected chi connectivity index (χ3v) is 11.4. The van der Waals surface area contributed by atoms with Gasteiger partial charge in [-0.3, -0.25) is 4.57 Å². The molecular formula is C47H34N4. The minimum Gasteiger partial charge on any atom is -0.344 e. The second-order valence-corrected chi connectivity index (χ2v) is 14.5. The van der Waals surface area contributed by atoms with Crippen molar-refractivity contribution in [3.63, 3.8) is 0 Å². The highest BCUT2D eigenvalue weighted by atomic mass is 15.2. The van der Waals surface area contributed by atoms with Gasteiger partial charge in [0.1, 0.15) is 0 Å². The Morgan fingerprint density at radius 3 is 2.24 bits per heavy atom. The van der Waals surface area contributed by atoms with Crippen molar-refractivity contribution >= 4 is 55.1 Å². The number of para-hydroxylation sites is 2. The first-order chi connectivity index (χ1) is 25.0. The number of nitrogens with zero attached hydrogens (tertiary/aromatic N) is 3. The quantitative estimate of drug-likeness (QED) is 0.198. The molecule has 2 aromatic heterocycles. The van der Waals surface area contributed by atoms with Gasteiger partial charge in [0.15, 0.2) is 0 Å². The molecular weight excluding hydrogens is 621 g/mol. The number of benzene rings is 7. The summed E-state index contributed by atoms with van der Waals surface area (Å²) in [7, 11) is 0. The van der Waals surface area contributed by atoms with Crippen molar-refractivity contribution in [1.82, 2.24) is 14.5 Å². The lowest BCUT2D eigenvalue weighted by Crippen LogP contribution is -2.36. The van der Waals surface area contributed by atoms with Crippen LogP contribution in [0.1, 0.15) is 42.1 Å². The smallest absolute Gasteiger partial charge is 0.209 e. The molecule has 1 aliphatic heterocycles. The fraction of sp³-hybridized carbons (Fsp3) is 0.0851. The molecule has 242 valence electrons. The number of nitrogens with one attached hydrogen (secondary N) is 1. The van der Waals surface area contributed by atoms with Gasteiger partial charge in [0.2, 0.25) is 5.96 Å². The molecule has 0 saturated heterocycles. The lowest BCUT2D eigenvalue weighted by molar-refractivity contribution is 0.655. The van der Waals surface area contributed by atoms with Crippen LogP contribution in [0.3, 0.4) is 0 Å². The minimum absolute atomic E-state index is 0.0802. The van der Waals surface area contributed by atoms with Crippen LogP contribution in [-0.2, 0) is 5.41 Å². The van der Waals surface area contributed by atoms with E-state index >= 15 is 0 Å². The molecule has 0 fully saturated rings. The van der Waals surface area contributed by atoms with Crippen LogP contribution in [0.4, 0.5) is 5.69 Å². The summed E-state index contributed by atoms with van der Waals surface area (Å²) in [6.07, 6.45) is 2.19. The highest BCUT2D eigenvalue weighted by Crippen LogP contribution is 2.50. The summed E-state index contributed by atoms with van der Waals surface area (Å²) in [5.41, 5.74) is 13.4. The van der Waals surface area contributed by atoms with Gasteiger partial charge in [0.25, 0.3) is 0 Å². The summed E-state index contributed by atoms with van der Waals surface area (Å²) in [4.78, 5) is 5.39. The van der Waals surface area contributed by atoms with Crippen LogP contribution in [0.2, 0.25) is 0 Å². The first-order valence-electron chi connectivity index (χ1n) is 17.8. The third-order valence-electron chi connectivity index (χ3n) is 11.4. The molecule has 0 saturated carbocycles. The maximum absolute atomic E-state index is 5.39. The molecule has 9 aromatic rings. The first kappa shape index (κ1) is 28.4. The van der Waals surface area contributed by atoms with Crippen LogP contribution >= 0.6 is 0 Å². The Morgan fingerprint density at radius 2 is 1.35 bits per heavy atom. The predicted octanol–water partition coefficient (Wildman–Crippen LogP) is 11.4. The van der Waals surface area contributed by atoms with Crippen LogP contribution in [0.25, 0.3) is 60.3 Å². The molecule has 0 radical (unpaired) electrons. The molecule has 0 spiro atoms. The molecule has 7 aromatic carbocycles. The molecule has 3 heterocycles. The first-order valence-corrected chi connectivity index (χ1v) is 17.8. The van der Waals surface area contributed by atoms with Gasteiger partial charge < -0.3 is 9.88 Å². The Bertz CT molecular complexity index is 2920. The van der Waals surface area contributed by atoms with E-state index in [-0.39, 0.29) is 11.5 Å². The number of hydrogen-bond acceptors (Lipinski definition) is 2. The van der Waals surface area contributed by atoms with Crippen molar-refractivity contribution in [1.29, 1.82) is 0 Å². The van der Waals surface area contributed by atoms with Crippen LogP contribution in [-0.4, -0.2) is 15.1 Å².